The van der Waals surface area contributed by atoms with E-state index in [-0.39, 0.29) is 98.1 Å². The van der Waals surface area contributed by atoms with Crippen LogP contribution in [0.2, 0.25) is 0 Å². The van der Waals surface area contributed by atoms with Gasteiger partial charge in [0.05, 0.1) is 0 Å². The van der Waals surface area contributed by atoms with E-state index in [0.717, 1.165) is 0 Å². The van der Waals surface area contributed by atoms with Crippen LogP contribution in [0.25, 0.3) is 10.8 Å². The van der Waals surface area contributed by atoms with Crippen molar-refractivity contribution in [3.05, 3.63) is 40.4 Å². The van der Waals surface area contributed by atoms with Crippen LogP contribution in [-0.4, -0.2) is 0 Å². The van der Waals surface area contributed by atoms with Gasteiger partial charge in [-0.2, -0.15) is 6.07 Å². The van der Waals surface area contributed by atoms with Gasteiger partial charge in [0.2, 0.25) is 0 Å². The molecule has 0 amide bonds. The third-order valence-corrected chi connectivity index (χ3v) is 2.53. The average molecular weight is 680 g/mol. The minimum Gasteiger partial charge on any atom is -1.00 e. The fraction of sp³-hybridized carbons (Fsp3) is 0.100. The van der Waals surface area contributed by atoms with E-state index in [1.165, 1.54) is 20.8 Å². The van der Waals surface area contributed by atoms with Gasteiger partial charge < -0.3 is 71.9 Å². The Balaban J connectivity index is -0.000000360. The van der Waals surface area contributed by atoms with E-state index in [2.05, 4.69) is 53.2 Å². The van der Waals surface area contributed by atoms with Gasteiger partial charge in [0, 0.05) is 0 Å². The van der Waals surface area contributed by atoms with Gasteiger partial charge in [-0.05, 0) is 4.47 Å². The topological polar surface area (TPSA) is 0 Å². The molecule has 0 radical (unpaired) electrons. The van der Waals surface area contributed by atoms with Crippen molar-refractivity contribution in [3.63, 3.8) is 0 Å². The number of hydrogen-bond donors (Lipinski definition) is 0. The van der Waals surface area contributed by atoms with E-state index in [1.54, 1.807) is 0 Å². The number of aryl methyl sites for hydroxylation is 1. The predicted octanol–water partition coefficient (Wildman–Crippen LogP) is -5.36. The van der Waals surface area contributed by atoms with Gasteiger partial charge >= 0.3 is 26.2 Å². The predicted molar refractivity (Wildman–Crippen MR) is 52.0 cm³/mol. The molecule has 15 heavy (non-hydrogen) atoms. The summed E-state index contributed by atoms with van der Waals surface area (Å²) < 4.78 is 1.18. The molecule has 0 spiro atoms. The SMILES string of the molecule is Cc1cc2c(Br)cccc2[cH-]1.[I-].[I-].[I-].[Zr+4]. The molecule has 0 heterocycles. The van der Waals surface area contributed by atoms with E-state index in [0.29, 0.717) is 0 Å². The molecular weight excluding hydrogens is 672 g/mol. The number of fused-ring (bicyclic) bond motifs is 1. The number of hydrogen-bond acceptors (Lipinski definition) is 0. The molecule has 0 aromatic heterocycles. The zero-order chi connectivity index (χ0) is 7.84. The Labute approximate surface area is 169 Å². The van der Waals surface area contributed by atoms with Crippen molar-refractivity contribution in [1.82, 2.24) is 0 Å². The van der Waals surface area contributed by atoms with Crippen LogP contribution in [-0.2, 0) is 26.2 Å². The van der Waals surface area contributed by atoms with Gasteiger partial charge in [-0.3, -0.25) is 0 Å². The maximum absolute atomic E-state index is 3.51. The Morgan fingerprint density at radius 3 is 2.27 bits per heavy atom. The molecule has 5 heteroatoms. The quantitative estimate of drug-likeness (QED) is 0.193. The molecule has 0 aliphatic rings. The summed E-state index contributed by atoms with van der Waals surface area (Å²) in [6.07, 6.45) is 0. The maximum atomic E-state index is 3.51. The Morgan fingerprint density at radius 2 is 1.73 bits per heavy atom. The molecule has 2 aromatic rings. The fourth-order valence-corrected chi connectivity index (χ4v) is 1.84. The average Bonchev–Trinajstić information content (AvgIpc) is 2.31. The van der Waals surface area contributed by atoms with Crippen LogP contribution in [0.4, 0.5) is 0 Å². The van der Waals surface area contributed by atoms with Crippen molar-refractivity contribution in [2.24, 2.45) is 0 Å². The third-order valence-electron chi connectivity index (χ3n) is 1.84. The molecule has 2 aromatic carbocycles. The Bertz CT molecular complexity index is 400. The summed E-state index contributed by atoms with van der Waals surface area (Å²) in [5, 5.41) is 2.63. The van der Waals surface area contributed by atoms with E-state index in [4.69, 9.17) is 0 Å². The zero-order valence-corrected chi connectivity index (χ0v) is 18.4. The molecule has 0 unspecified atom stereocenters. The second-order valence-electron chi connectivity index (χ2n) is 2.78. The molecule has 0 N–H and O–H groups in total. The Morgan fingerprint density at radius 1 is 1.13 bits per heavy atom. The maximum Gasteiger partial charge on any atom is 4.00 e. The monoisotopic (exact) mass is 678 g/mol. The second kappa shape index (κ2) is 10.3. The van der Waals surface area contributed by atoms with Crippen molar-refractivity contribution in [2.45, 2.75) is 6.92 Å². The van der Waals surface area contributed by atoms with E-state index in [9.17, 15) is 0 Å². The van der Waals surface area contributed by atoms with Gasteiger partial charge in [0.25, 0.3) is 0 Å². The van der Waals surface area contributed by atoms with Gasteiger partial charge in [0.1, 0.15) is 0 Å². The van der Waals surface area contributed by atoms with Crippen LogP contribution in [0.3, 0.4) is 0 Å². The first-order valence-corrected chi connectivity index (χ1v) is 4.38. The van der Waals surface area contributed by atoms with E-state index < -0.39 is 0 Å². The summed E-state index contributed by atoms with van der Waals surface area (Å²) in [7, 11) is 0. The summed E-state index contributed by atoms with van der Waals surface area (Å²) in [6.45, 7) is 2.12. The zero-order valence-electron chi connectivity index (χ0n) is 7.90. The molecule has 0 saturated heterocycles. The largest absolute Gasteiger partial charge is 4.00 e. The van der Waals surface area contributed by atoms with Crippen molar-refractivity contribution < 1.29 is 98.1 Å². The normalized spacial score (nSPS) is 7.87. The molecule has 0 aliphatic heterocycles. The van der Waals surface area contributed by atoms with Crippen LogP contribution in [0.1, 0.15) is 5.56 Å². The van der Waals surface area contributed by atoms with Crippen molar-refractivity contribution in [2.75, 3.05) is 0 Å². The molecule has 0 saturated carbocycles. The van der Waals surface area contributed by atoms with Crippen LogP contribution >= 0.6 is 15.9 Å². The standard InChI is InChI=1S/C10H8Br.3HI.Zr/c1-7-5-8-3-2-4-10(11)9(8)6-7;;;;/h2-6H,1H3;3*1H;/q-1;;;;+4/p-3. The van der Waals surface area contributed by atoms with E-state index in [1.807, 2.05) is 0 Å². The fourth-order valence-electron chi connectivity index (χ4n) is 1.35. The summed E-state index contributed by atoms with van der Waals surface area (Å²) in [5.41, 5.74) is 1.33. The Hall–Kier alpha value is 2.38. The minimum atomic E-state index is 0. The van der Waals surface area contributed by atoms with Crippen LogP contribution in [0.15, 0.2) is 34.8 Å². The number of halogens is 4. The Kier molecular flexibility index (Phi) is 15.5. The van der Waals surface area contributed by atoms with Crippen molar-refractivity contribution >= 4 is 26.7 Å². The summed E-state index contributed by atoms with van der Waals surface area (Å²) in [5.74, 6) is 0. The first-order valence-electron chi connectivity index (χ1n) is 3.59. The third kappa shape index (κ3) is 5.70. The van der Waals surface area contributed by atoms with Crippen LogP contribution in [0.5, 0.6) is 0 Å². The molecule has 0 fully saturated rings. The van der Waals surface area contributed by atoms with Crippen LogP contribution < -0.4 is 71.9 Å². The summed E-state index contributed by atoms with van der Waals surface area (Å²) in [4.78, 5) is 0. The molecule has 0 aliphatic carbocycles. The molecule has 0 atom stereocenters. The molecule has 0 nitrogen and oxygen atoms in total. The summed E-state index contributed by atoms with van der Waals surface area (Å²) >= 11 is 3.51. The first-order chi connectivity index (χ1) is 5.27. The molecule has 0 bridgehead atoms. The first kappa shape index (κ1) is 22.6. The molecular formula is C10H8BrI3Zr. The number of benzene rings is 1. The van der Waals surface area contributed by atoms with Crippen molar-refractivity contribution in [3.8, 4) is 0 Å². The molecule has 2 rings (SSSR count). The van der Waals surface area contributed by atoms with Crippen LogP contribution in [0, 0.1) is 6.92 Å². The minimum absolute atomic E-state index is 0. The van der Waals surface area contributed by atoms with Crippen molar-refractivity contribution in [1.29, 1.82) is 0 Å². The second-order valence-corrected chi connectivity index (χ2v) is 3.63. The smallest absolute Gasteiger partial charge is 1.00 e. The van der Waals surface area contributed by atoms with Gasteiger partial charge in [-0.15, -0.1) is 34.5 Å². The van der Waals surface area contributed by atoms with E-state index >= 15 is 0 Å². The summed E-state index contributed by atoms with van der Waals surface area (Å²) in [6, 6.07) is 10.7. The van der Waals surface area contributed by atoms with Gasteiger partial charge in [-0.25, -0.2) is 0 Å². The van der Waals surface area contributed by atoms with Gasteiger partial charge in [-0.1, -0.05) is 28.9 Å². The number of rotatable bonds is 0. The van der Waals surface area contributed by atoms with Gasteiger partial charge in [0.15, 0.2) is 0 Å². The molecule has 80 valence electrons.